The zero-order valence-electron chi connectivity index (χ0n) is 15.2. The summed E-state index contributed by atoms with van der Waals surface area (Å²) in [5.74, 6) is 0.0494. The van der Waals surface area contributed by atoms with Crippen LogP contribution in [0.1, 0.15) is 12.8 Å². The smallest absolute Gasteiger partial charge is 0.243 e. The minimum atomic E-state index is -3.53. The maximum atomic E-state index is 12.7. The number of rotatable bonds is 8. The van der Waals surface area contributed by atoms with Crippen LogP contribution >= 0.6 is 11.8 Å². The molecule has 1 saturated heterocycles. The van der Waals surface area contributed by atoms with E-state index in [1.165, 1.54) is 22.1 Å². The summed E-state index contributed by atoms with van der Waals surface area (Å²) in [5, 5.41) is 11.0. The van der Waals surface area contributed by atoms with Crippen molar-refractivity contribution in [2.24, 2.45) is 0 Å². The Morgan fingerprint density at radius 1 is 1.32 bits per heavy atom. The van der Waals surface area contributed by atoms with E-state index in [0.29, 0.717) is 30.5 Å². The number of hydrogen-bond donors (Lipinski definition) is 2. The highest BCUT2D eigenvalue weighted by atomic mass is 32.2. The van der Waals surface area contributed by atoms with Gasteiger partial charge in [-0.05, 0) is 31.0 Å². The van der Waals surface area contributed by atoms with Crippen LogP contribution in [0.15, 0.2) is 47.0 Å². The van der Waals surface area contributed by atoms with E-state index in [0.717, 1.165) is 12.8 Å². The number of amides is 1. The Morgan fingerprint density at radius 3 is 2.79 bits per heavy atom. The molecule has 0 unspecified atom stereocenters. The topological polar surface area (TPSA) is 123 Å². The minimum absolute atomic E-state index is 0.0817. The van der Waals surface area contributed by atoms with Crippen LogP contribution in [0.3, 0.4) is 0 Å². The molecular weight excluding hydrogens is 400 g/mol. The predicted octanol–water partition coefficient (Wildman–Crippen LogP) is 1.56. The van der Waals surface area contributed by atoms with Gasteiger partial charge in [0.15, 0.2) is 5.16 Å². The maximum absolute atomic E-state index is 12.7. The molecular formula is C17H22N6O3S2. The molecule has 2 heterocycles. The first-order valence-electron chi connectivity index (χ1n) is 8.74. The quantitative estimate of drug-likeness (QED) is 0.489. The van der Waals surface area contributed by atoms with Crippen LogP contribution in [0.4, 0.5) is 11.6 Å². The van der Waals surface area contributed by atoms with Crippen LogP contribution in [-0.2, 0) is 21.4 Å². The second-order valence-corrected chi connectivity index (χ2v) is 9.10. The van der Waals surface area contributed by atoms with Gasteiger partial charge < -0.3 is 11.1 Å². The third-order valence-corrected chi connectivity index (χ3v) is 7.07. The minimum Gasteiger partial charge on any atom is -0.368 e. The fourth-order valence-corrected chi connectivity index (χ4v) is 5.16. The van der Waals surface area contributed by atoms with Crippen molar-refractivity contribution in [3.63, 3.8) is 0 Å². The lowest BCUT2D eigenvalue weighted by atomic mass is 10.3. The van der Waals surface area contributed by atoms with E-state index in [9.17, 15) is 13.2 Å². The van der Waals surface area contributed by atoms with E-state index in [2.05, 4.69) is 22.1 Å². The molecule has 11 heteroatoms. The third kappa shape index (κ3) is 4.54. The zero-order chi connectivity index (χ0) is 20.1. The highest BCUT2D eigenvalue weighted by molar-refractivity contribution is 7.99. The van der Waals surface area contributed by atoms with Gasteiger partial charge in [-0.25, -0.2) is 8.42 Å². The fourth-order valence-electron chi connectivity index (χ4n) is 2.85. The zero-order valence-corrected chi connectivity index (χ0v) is 16.9. The lowest BCUT2D eigenvalue weighted by molar-refractivity contribution is -0.113. The predicted molar refractivity (Wildman–Crippen MR) is 108 cm³/mol. The first-order chi connectivity index (χ1) is 13.4. The van der Waals surface area contributed by atoms with Crippen LogP contribution in [0.2, 0.25) is 0 Å². The summed E-state index contributed by atoms with van der Waals surface area (Å²) in [6, 6.07) is 6.30. The number of carbonyl (C=O) groups excluding carboxylic acids is 1. The van der Waals surface area contributed by atoms with Crippen molar-refractivity contribution >= 4 is 39.3 Å². The Balaban J connectivity index is 1.64. The standard InChI is InChI=1S/C17H22N6O3S2/c1-2-8-23-16(18)20-21-17(23)27-12-15(24)19-13-6-5-7-14(11-13)28(25,26)22-9-3-4-10-22/h2,5-7,11H,1,3-4,8-10,12H2,(H2,18,20)(H,19,24). The lowest BCUT2D eigenvalue weighted by Crippen LogP contribution is -2.28. The van der Waals surface area contributed by atoms with E-state index >= 15 is 0 Å². The molecule has 150 valence electrons. The van der Waals surface area contributed by atoms with E-state index < -0.39 is 10.0 Å². The van der Waals surface area contributed by atoms with E-state index in [-0.39, 0.29) is 22.5 Å². The Hall–Kier alpha value is -2.37. The van der Waals surface area contributed by atoms with Crippen LogP contribution < -0.4 is 11.1 Å². The lowest BCUT2D eigenvalue weighted by Gasteiger charge is -2.16. The highest BCUT2D eigenvalue weighted by Crippen LogP contribution is 2.24. The molecule has 2 aromatic rings. The summed E-state index contributed by atoms with van der Waals surface area (Å²) < 4.78 is 28.4. The Labute approximate surface area is 168 Å². The van der Waals surface area contributed by atoms with Gasteiger partial charge in [0.25, 0.3) is 0 Å². The Morgan fingerprint density at radius 2 is 2.07 bits per heavy atom. The van der Waals surface area contributed by atoms with Crippen molar-refractivity contribution in [2.45, 2.75) is 29.4 Å². The van der Waals surface area contributed by atoms with Gasteiger partial charge in [0.05, 0.1) is 10.6 Å². The summed E-state index contributed by atoms with van der Waals surface area (Å²) in [7, 11) is -3.53. The van der Waals surface area contributed by atoms with Crippen LogP contribution in [-0.4, -0.2) is 52.2 Å². The number of carbonyl (C=O) groups is 1. The fraction of sp³-hybridized carbons (Fsp3) is 0.353. The molecule has 0 saturated carbocycles. The second kappa shape index (κ2) is 8.76. The van der Waals surface area contributed by atoms with E-state index in [1.807, 2.05) is 0 Å². The molecule has 1 aromatic heterocycles. The van der Waals surface area contributed by atoms with Gasteiger partial charge in [0.1, 0.15) is 0 Å². The molecule has 1 aliphatic heterocycles. The highest BCUT2D eigenvalue weighted by Gasteiger charge is 2.27. The summed E-state index contributed by atoms with van der Waals surface area (Å²) in [5.41, 5.74) is 6.16. The monoisotopic (exact) mass is 422 g/mol. The number of hydrogen-bond acceptors (Lipinski definition) is 7. The summed E-state index contributed by atoms with van der Waals surface area (Å²) >= 11 is 1.19. The first kappa shape index (κ1) is 20.4. The van der Waals surface area contributed by atoms with Crippen molar-refractivity contribution in [3.05, 3.63) is 36.9 Å². The Kier molecular flexibility index (Phi) is 6.37. The molecule has 0 atom stereocenters. The molecule has 9 nitrogen and oxygen atoms in total. The molecule has 0 aliphatic carbocycles. The van der Waals surface area contributed by atoms with Gasteiger partial charge in [-0.2, -0.15) is 4.31 Å². The SMILES string of the molecule is C=CCn1c(N)nnc1SCC(=O)Nc1cccc(S(=O)(=O)N2CCCC2)c1. The molecule has 28 heavy (non-hydrogen) atoms. The van der Waals surface area contributed by atoms with E-state index in [4.69, 9.17) is 5.73 Å². The van der Waals surface area contributed by atoms with Crippen molar-refractivity contribution in [1.29, 1.82) is 0 Å². The van der Waals surface area contributed by atoms with Crippen molar-refractivity contribution in [3.8, 4) is 0 Å². The number of benzene rings is 1. The molecule has 1 fully saturated rings. The van der Waals surface area contributed by atoms with Gasteiger partial charge in [0.2, 0.25) is 21.9 Å². The molecule has 0 bridgehead atoms. The number of allylic oxidation sites excluding steroid dienone is 1. The van der Waals surface area contributed by atoms with Crippen LogP contribution in [0, 0.1) is 0 Å². The summed E-state index contributed by atoms with van der Waals surface area (Å²) in [4.78, 5) is 12.5. The number of aromatic nitrogens is 3. The molecule has 1 aromatic carbocycles. The summed E-state index contributed by atoms with van der Waals surface area (Å²) in [6.45, 7) is 5.16. The average molecular weight is 423 g/mol. The van der Waals surface area contributed by atoms with Gasteiger partial charge in [-0.1, -0.05) is 23.9 Å². The molecule has 0 radical (unpaired) electrons. The van der Waals surface area contributed by atoms with Crippen molar-refractivity contribution in [1.82, 2.24) is 19.1 Å². The first-order valence-corrected chi connectivity index (χ1v) is 11.2. The van der Waals surface area contributed by atoms with Crippen LogP contribution in [0.5, 0.6) is 0 Å². The number of nitrogens with two attached hydrogens (primary N) is 1. The normalized spacial score (nSPS) is 14.9. The maximum Gasteiger partial charge on any atom is 0.243 e. The number of anilines is 2. The number of nitrogen functional groups attached to an aromatic ring is 1. The Bertz CT molecular complexity index is 967. The van der Waals surface area contributed by atoms with Gasteiger partial charge in [-0.15, -0.1) is 16.8 Å². The molecule has 1 aliphatic rings. The molecule has 3 rings (SSSR count). The van der Waals surface area contributed by atoms with Crippen molar-refractivity contribution in [2.75, 3.05) is 29.9 Å². The number of nitrogens with one attached hydrogen (secondary N) is 1. The average Bonchev–Trinajstić information content (AvgIpc) is 3.32. The number of thioether (sulfide) groups is 1. The van der Waals surface area contributed by atoms with Gasteiger partial charge in [-0.3, -0.25) is 9.36 Å². The van der Waals surface area contributed by atoms with Crippen molar-refractivity contribution < 1.29 is 13.2 Å². The third-order valence-electron chi connectivity index (χ3n) is 4.21. The largest absolute Gasteiger partial charge is 0.368 e. The number of nitrogens with zero attached hydrogens (tertiary/aromatic N) is 4. The molecule has 1 amide bonds. The summed E-state index contributed by atoms with van der Waals surface area (Å²) in [6.07, 6.45) is 3.40. The second-order valence-electron chi connectivity index (χ2n) is 6.22. The number of sulfonamides is 1. The molecule has 3 N–H and O–H groups in total. The molecule has 0 spiro atoms. The van der Waals surface area contributed by atoms with Gasteiger partial charge in [0, 0.05) is 25.3 Å². The van der Waals surface area contributed by atoms with E-state index in [1.54, 1.807) is 28.8 Å². The van der Waals surface area contributed by atoms with Crippen LogP contribution in [0.25, 0.3) is 0 Å². The van der Waals surface area contributed by atoms with Gasteiger partial charge >= 0.3 is 0 Å².